The molecule has 1 rings (SSSR count). The van der Waals surface area contributed by atoms with Crippen LogP contribution in [0.2, 0.25) is 0 Å². The molecule has 1 aliphatic rings. The van der Waals surface area contributed by atoms with Gasteiger partial charge in [0.1, 0.15) is 0 Å². The average molecular weight is 284 g/mol. The van der Waals surface area contributed by atoms with Crippen LogP contribution in [0, 0.1) is 0 Å². The molecule has 1 fully saturated rings. The number of hydrogen-bond acceptors (Lipinski definition) is 4. The monoisotopic (exact) mass is 284 g/mol. The molecule has 3 unspecified atom stereocenters. The SMILES string of the molecule is CC(C)=CCC/C(C)=C/COC1CC(O)CC(CO)O1. The van der Waals surface area contributed by atoms with Crippen LogP contribution in [0.4, 0.5) is 0 Å². The fourth-order valence-electron chi connectivity index (χ4n) is 2.16. The Kier molecular flexibility index (Phi) is 8.07. The highest BCUT2D eigenvalue weighted by molar-refractivity contribution is 5.02. The molecule has 0 aromatic rings. The fourth-order valence-corrected chi connectivity index (χ4v) is 2.16. The fraction of sp³-hybridized carbons (Fsp3) is 0.750. The van der Waals surface area contributed by atoms with Gasteiger partial charge in [0, 0.05) is 12.8 Å². The van der Waals surface area contributed by atoms with E-state index in [1.807, 2.05) is 0 Å². The largest absolute Gasteiger partial charge is 0.394 e. The number of ether oxygens (including phenoxy) is 2. The molecule has 2 N–H and O–H groups in total. The number of rotatable bonds is 7. The highest BCUT2D eigenvalue weighted by atomic mass is 16.7. The van der Waals surface area contributed by atoms with Gasteiger partial charge in [-0.1, -0.05) is 23.3 Å². The van der Waals surface area contributed by atoms with Gasteiger partial charge in [0.05, 0.1) is 25.4 Å². The van der Waals surface area contributed by atoms with Crippen molar-refractivity contribution in [3.8, 4) is 0 Å². The van der Waals surface area contributed by atoms with Crippen molar-refractivity contribution in [1.29, 1.82) is 0 Å². The molecule has 0 aromatic heterocycles. The van der Waals surface area contributed by atoms with Gasteiger partial charge < -0.3 is 19.7 Å². The Morgan fingerprint density at radius 3 is 2.65 bits per heavy atom. The number of hydrogen-bond donors (Lipinski definition) is 2. The number of aliphatic hydroxyl groups excluding tert-OH is 2. The van der Waals surface area contributed by atoms with Crippen molar-refractivity contribution in [1.82, 2.24) is 0 Å². The summed E-state index contributed by atoms with van der Waals surface area (Å²) in [5.74, 6) is 0. The second-order valence-corrected chi connectivity index (χ2v) is 5.70. The van der Waals surface area contributed by atoms with E-state index >= 15 is 0 Å². The minimum absolute atomic E-state index is 0.0749. The van der Waals surface area contributed by atoms with Crippen LogP contribution in [-0.4, -0.2) is 41.9 Å². The van der Waals surface area contributed by atoms with Gasteiger partial charge in [-0.2, -0.15) is 0 Å². The van der Waals surface area contributed by atoms with Gasteiger partial charge in [-0.15, -0.1) is 0 Å². The lowest BCUT2D eigenvalue weighted by Crippen LogP contribution is -2.38. The standard InChI is InChI=1S/C16H28O4/c1-12(2)5-4-6-13(3)7-8-19-16-10-14(18)9-15(11-17)20-16/h5,7,14-18H,4,6,8-11H2,1-3H3/b13-7+. The summed E-state index contributed by atoms with van der Waals surface area (Å²) in [6.45, 7) is 6.71. The molecule has 3 atom stereocenters. The first-order valence-corrected chi connectivity index (χ1v) is 7.36. The zero-order chi connectivity index (χ0) is 15.0. The van der Waals surface area contributed by atoms with E-state index in [0.29, 0.717) is 19.4 Å². The van der Waals surface area contributed by atoms with Crippen LogP contribution in [0.1, 0.15) is 46.5 Å². The van der Waals surface area contributed by atoms with Crippen molar-refractivity contribution in [2.24, 2.45) is 0 Å². The van der Waals surface area contributed by atoms with Crippen molar-refractivity contribution >= 4 is 0 Å². The lowest BCUT2D eigenvalue weighted by Gasteiger charge is -2.31. The molecule has 1 heterocycles. The second kappa shape index (κ2) is 9.29. The van der Waals surface area contributed by atoms with Crippen molar-refractivity contribution < 1.29 is 19.7 Å². The van der Waals surface area contributed by atoms with Gasteiger partial charge >= 0.3 is 0 Å². The zero-order valence-corrected chi connectivity index (χ0v) is 12.8. The molecule has 0 radical (unpaired) electrons. The van der Waals surface area contributed by atoms with E-state index in [0.717, 1.165) is 12.8 Å². The van der Waals surface area contributed by atoms with Crippen LogP contribution in [0.15, 0.2) is 23.3 Å². The molecule has 0 bridgehead atoms. The summed E-state index contributed by atoms with van der Waals surface area (Å²) in [5, 5.41) is 18.7. The predicted octanol–water partition coefficient (Wildman–Crippen LogP) is 2.55. The summed E-state index contributed by atoms with van der Waals surface area (Å²) < 4.78 is 11.1. The molecule has 0 spiro atoms. The summed E-state index contributed by atoms with van der Waals surface area (Å²) in [5.41, 5.74) is 2.63. The van der Waals surface area contributed by atoms with Gasteiger partial charge in [0.25, 0.3) is 0 Å². The van der Waals surface area contributed by atoms with Gasteiger partial charge in [-0.05, 0) is 33.6 Å². The van der Waals surface area contributed by atoms with Gasteiger partial charge in [0.15, 0.2) is 6.29 Å². The Morgan fingerprint density at radius 2 is 2.00 bits per heavy atom. The highest BCUT2D eigenvalue weighted by Crippen LogP contribution is 2.20. The third-order valence-electron chi connectivity index (χ3n) is 3.35. The van der Waals surface area contributed by atoms with E-state index in [2.05, 4.69) is 32.9 Å². The van der Waals surface area contributed by atoms with E-state index in [9.17, 15) is 5.11 Å². The van der Waals surface area contributed by atoms with Crippen molar-refractivity contribution in [3.63, 3.8) is 0 Å². The first-order valence-electron chi connectivity index (χ1n) is 7.36. The Labute approximate surface area is 122 Å². The Morgan fingerprint density at radius 1 is 1.25 bits per heavy atom. The van der Waals surface area contributed by atoms with E-state index < -0.39 is 12.4 Å². The summed E-state index contributed by atoms with van der Waals surface area (Å²) in [4.78, 5) is 0. The zero-order valence-electron chi connectivity index (χ0n) is 12.8. The maximum Gasteiger partial charge on any atom is 0.160 e. The van der Waals surface area contributed by atoms with Gasteiger partial charge in [0.2, 0.25) is 0 Å². The van der Waals surface area contributed by atoms with Crippen molar-refractivity contribution in [2.75, 3.05) is 13.2 Å². The summed E-state index contributed by atoms with van der Waals surface area (Å²) in [6, 6.07) is 0. The van der Waals surface area contributed by atoms with Crippen LogP contribution in [0.25, 0.3) is 0 Å². The van der Waals surface area contributed by atoms with E-state index in [1.165, 1.54) is 11.1 Å². The Hall–Kier alpha value is -0.680. The third kappa shape index (κ3) is 7.20. The normalized spacial score (nSPS) is 27.4. The molecule has 4 nitrogen and oxygen atoms in total. The molecular weight excluding hydrogens is 256 g/mol. The van der Waals surface area contributed by atoms with Crippen LogP contribution >= 0.6 is 0 Å². The molecule has 1 saturated heterocycles. The summed E-state index contributed by atoms with van der Waals surface area (Å²) in [6.07, 6.45) is 6.13. The topological polar surface area (TPSA) is 58.9 Å². The molecule has 0 aliphatic carbocycles. The number of aliphatic hydroxyl groups is 2. The molecule has 0 aromatic carbocycles. The predicted molar refractivity (Wildman–Crippen MR) is 79.4 cm³/mol. The molecule has 1 aliphatic heterocycles. The second-order valence-electron chi connectivity index (χ2n) is 5.70. The van der Waals surface area contributed by atoms with E-state index in [1.54, 1.807) is 0 Å². The van der Waals surface area contributed by atoms with Crippen LogP contribution < -0.4 is 0 Å². The van der Waals surface area contributed by atoms with Crippen LogP contribution in [0.3, 0.4) is 0 Å². The summed E-state index contributed by atoms with van der Waals surface area (Å²) in [7, 11) is 0. The average Bonchev–Trinajstić information content (AvgIpc) is 2.37. The lowest BCUT2D eigenvalue weighted by molar-refractivity contribution is -0.217. The maximum absolute atomic E-state index is 9.66. The molecule has 0 amide bonds. The van der Waals surface area contributed by atoms with Gasteiger partial charge in [-0.25, -0.2) is 0 Å². The summed E-state index contributed by atoms with van der Waals surface area (Å²) >= 11 is 0. The lowest BCUT2D eigenvalue weighted by atomic mass is 10.1. The van der Waals surface area contributed by atoms with Crippen LogP contribution in [0.5, 0.6) is 0 Å². The molecule has 20 heavy (non-hydrogen) atoms. The maximum atomic E-state index is 9.66. The van der Waals surface area contributed by atoms with E-state index in [-0.39, 0.29) is 12.7 Å². The smallest absolute Gasteiger partial charge is 0.160 e. The number of allylic oxidation sites excluding steroid dienone is 3. The van der Waals surface area contributed by atoms with Gasteiger partial charge in [-0.3, -0.25) is 0 Å². The molecule has 0 saturated carbocycles. The Bertz CT molecular complexity index is 331. The molecule has 4 heteroatoms. The first kappa shape index (κ1) is 17.4. The first-order chi connectivity index (χ1) is 9.51. The Balaban J connectivity index is 2.26. The van der Waals surface area contributed by atoms with Crippen LogP contribution in [-0.2, 0) is 9.47 Å². The minimum Gasteiger partial charge on any atom is -0.394 e. The minimum atomic E-state index is -0.450. The van der Waals surface area contributed by atoms with Crippen molar-refractivity contribution in [3.05, 3.63) is 23.3 Å². The quantitative estimate of drug-likeness (QED) is 0.705. The van der Waals surface area contributed by atoms with E-state index in [4.69, 9.17) is 14.6 Å². The van der Waals surface area contributed by atoms with Crippen molar-refractivity contribution in [2.45, 2.75) is 65.0 Å². The highest BCUT2D eigenvalue weighted by Gasteiger charge is 2.28. The molecule has 116 valence electrons. The third-order valence-corrected chi connectivity index (χ3v) is 3.35. The molecular formula is C16H28O4.